The van der Waals surface area contributed by atoms with Gasteiger partial charge in [0.1, 0.15) is 34.7 Å². The van der Waals surface area contributed by atoms with Crippen molar-refractivity contribution in [2.24, 2.45) is 0 Å². The first kappa shape index (κ1) is 14.9. The zero-order valence-electron chi connectivity index (χ0n) is 13.4. The van der Waals surface area contributed by atoms with Gasteiger partial charge in [0.25, 0.3) is 0 Å². The normalized spacial score (nSPS) is 17.0. The van der Waals surface area contributed by atoms with Crippen molar-refractivity contribution in [3.05, 3.63) is 42.0 Å². The number of rotatable bonds is 2. The van der Waals surface area contributed by atoms with Crippen LogP contribution < -0.4 is 4.74 Å². The van der Waals surface area contributed by atoms with Crippen LogP contribution in [0.4, 0.5) is 0 Å². The quantitative estimate of drug-likeness (QED) is 0.670. The number of aromatic hydroxyl groups is 2. The maximum absolute atomic E-state index is 10.3. The van der Waals surface area contributed by atoms with Gasteiger partial charge in [-0.05, 0) is 44.2 Å². The zero-order chi connectivity index (χ0) is 17.1. The summed E-state index contributed by atoms with van der Waals surface area (Å²) >= 11 is 0. The first-order valence-electron chi connectivity index (χ1n) is 7.79. The van der Waals surface area contributed by atoms with E-state index in [1.54, 1.807) is 44.2 Å². The van der Waals surface area contributed by atoms with Gasteiger partial charge in [0.05, 0.1) is 5.60 Å². The average molecular weight is 326 g/mol. The average Bonchev–Trinajstić information content (AvgIpc) is 3.09. The molecule has 0 radical (unpaired) electrons. The van der Waals surface area contributed by atoms with E-state index in [2.05, 4.69) is 0 Å². The molecule has 1 atom stereocenters. The summed E-state index contributed by atoms with van der Waals surface area (Å²) in [4.78, 5) is 0. The predicted octanol–water partition coefficient (Wildman–Crippen LogP) is 3.59. The fourth-order valence-corrected chi connectivity index (χ4v) is 3.02. The molecular weight excluding hydrogens is 308 g/mol. The van der Waals surface area contributed by atoms with Gasteiger partial charge >= 0.3 is 0 Å². The van der Waals surface area contributed by atoms with Gasteiger partial charge in [0, 0.05) is 29.0 Å². The van der Waals surface area contributed by atoms with Crippen LogP contribution >= 0.6 is 0 Å². The molecule has 0 bridgehead atoms. The fraction of sp³-hybridized carbons (Fsp3) is 0.263. The van der Waals surface area contributed by atoms with Crippen molar-refractivity contribution in [1.82, 2.24) is 0 Å². The maximum Gasteiger partial charge on any atom is 0.138 e. The molecule has 1 aliphatic heterocycles. The Balaban J connectivity index is 1.77. The van der Waals surface area contributed by atoms with Crippen molar-refractivity contribution >= 4 is 11.0 Å². The van der Waals surface area contributed by atoms with E-state index in [9.17, 15) is 15.3 Å². The minimum atomic E-state index is -0.998. The summed E-state index contributed by atoms with van der Waals surface area (Å²) < 4.78 is 11.6. The number of hydrogen-bond acceptors (Lipinski definition) is 5. The smallest absolute Gasteiger partial charge is 0.138 e. The largest absolute Gasteiger partial charge is 0.508 e. The highest BCUT2D eigenvalue weighted by Crippen LogP contribution is 2.42. The first-order chi connectivity index (χ1) is 11.3. The number of fused-ring (bicyclic) bond motifs is 2. The molecule has 4 rings (SSSR count). The molecule has 24 heavy (non-hydrogen) atoms. The molecule has 0 saturated carbocycles. The molecule has 124 valence electrons. The van der Waals surface area contributed by atoms with E-state index in [-0.39, 0.29) is 11.5 Å². The summed E-state index contributed by atoms with van der Waals surface area (Å²) in [6.07, 6.45) is 0.0557. The number of benzene rings is 2. The van der Waals surface area contributed by atoms with Gasteiger partial charge in [-0.25, -0.2) is 0 Å². The third kappa shape index (κ3) is 2.37. The highest BCUT2D eigenvalue weighted by Gasteiger charge is 2.36. The highest BCUT2D eigenvalue weighted by atomic mass is 16.5. The molecule has 0 spiro atoms. The van der Waals surface area contributed by atoms with Crippen LogP contribution in [-0.4, -0.2) is 27.0 Å². The first-order valence-corrected chi connectivity index (χ1v) is 7.79. The summed E-state index contributed by atoms with van der Waals surface area (Å²) in [5.74, 6) is 1.39. The molecule has 5 heteroatoms. The van der Waals surface area contributed by atoms with Crippen LogP contribution in [0, 0.1) is 0 Å². The molecule has 3 N–H and O–H groups in total. The Labute approximate surface area is 138 Å². The molecule has 0 saturated heterocycles. The van der Waals surface area contributed by atoms with E-state index in [1.807, 2.05) is 6.07 Å². The second kappa shape index (κ2) is 4.92. The van der Waals surface area contributed by atoms with Crippen molar-refractivity contribution in [3.63, 3.8) is 0 Å². The SMILES string of the molecule is CC(C)(O)[C@H]1Cc2c(O)cc(-c3cc4ccc(O)cc4o3)cc2O1. The number of phenols is 2. The minimum absolute atomic E-state index is 0.123. The summed E-state index contributed by atoms with van der Waals surface area (Å²) in [6, 6.07) is 10.2. The lowest BCUT2D eigenvalue weighted by Crippen LogP contribution is -2.39. The van der Waals surface area contributed by atoms with Gasteiger partial charge in [-0.1, -0.05) is 0 Å². The van der Waals surface area contributed by atoms with Gasteiger partial charge in [-0.3, -0.25) is 0 Å². The van der Waals surface area contributed by atoms with E-state index in [4.69, 9.17) is 9.15 Å². The van der Waals surface area contributed by atoms with E-state index in [0.717, 1.165) is 5.39 Å². The number of hydrogen-bond donors (Lipinski definition) is 3. The van der Waals surface area contributed by atoms with Crippen LogP contribution in [0.3, 0.4) is 0 Å². The van der Waals surface area contributed by atoms with Gasteiger partial charge < -0.3 is 24.5 Å². The van der Waals surface area contributed by atoms with E-state index in [1.165, 1.54) is 0 Å². The van der Waals surface area contributed by atoms with Crippen molar-refractivity contribution in [1.29, 1.82) is 0 Å². The number of phenolic OH excluding ortho intramolecular Hbond substituents is 2. The van der Waals surface area contributed by atoms with E-state index in [0.29, 0.717) is 34.6 Å². The Kier molecular flexibility index (Phi) is 3.05. The van der Waals surface area contributed by atoms with Crippen molar-refractivity contribution in [2.75, 3.05) is 0 Å². The van der Waals surface area contributed by atoms with Crippen LogP contribution in [0.25, 0.3) is 22.3 Å². The lowest BCUT2D eigenvalue weighted by Gasteiger charge is -2.24. The van der Waals surface area contributed by atoms with Crippen LogP contribution in [0.2, 0.25) is 0 Å². The second-order valence-corrected chi connectivity index (χ2v) is 6.77. The lowest BCUT2D eigenvalue weighted by molar-refractivity contribution is -0.0229. The number of aliphatic hydroxyl groups is 1. The zero-order valence-corrected chi connectivity index (χ0v) is 13.4. The third-order valence-corrected chi connectivity index (χ3v) is 4.42. The summed E-state index contributed by atoms with van der Waals surface area (Å²) in [5.41, 5.74) is 0.945. The number of ether oxygens (including phenoxy) is 1. The summed E-state index contributed by atoms with van der Waals surface area (Å²) in [6.45, 7) is 3.38. The van der Waals surface area contributed by atoms with Crippen LogP contribution in [0.15, 0.2) is 40.8 Å². The number of furan rings is 1. The van der Waals surface area contributed by atoms with Crippen LogP contribution in [0.5, 0.6) is 17.2 Å². The van der Waals surface area contributed by atoms with Gasteiger partial charge in [0.2, 0.25) is 0 Å². The third-order valence-electron chi connectivity index (χ3n) is 4.42. The Hall–Kier alpha value is -2.66. The summed E-state index contributed by atoms with van der Waals surface area (Å²) in [7, 11) is 0. The van der Waals surface area contributed by atoms with Crippen molar-refractivity contribution in [2.45, 2.75) is 32.0 Å². The highest BCUT2D eigenvalue weighted by molar-refractivity contribution is 5.84. The Morgan fingerprint density at radius 3 is 2.62 bits per heavy atom. The molecule has 0 unspecified atom stereocenters. The minimum Gasteiger partial charge on any atom is -0.508 e. The molecule has 1 aliphatic rings. The van der Waals surface area contributed by atoms with E-state index >= 15 is 0 Å². The molecule has 2 heterocycles. The molecular formula is C19H18O5. The monoisotopic (exact) mass is 326 g/mol. The van der Waals surface area contributed by atoms with E-state index < -0.39 is 11.7 Å². The lowest BCUT2D eigenvalue weighted by atomic mass is 9.96. The molecule has 0 aliphatic carbocycles. The molecule has 3 aromatic rings. The fourth-order valence-electron chi connectivity index (χ4n) is 3.02. The topological polar surface area (TPSA) is 83.1 Å². The Bertz CT molecular complexity index is 933. The maximum atomic E-state index is 10.3. The molecule has 2 aromatic carbocycles. The molecule has 0 amide bonds. The van der Waals surface area contributed by atoms with Crippen LogP contribution in [0.1, 0.15) is 19.4 Å². The van der Waals surface area contributed by atoms with Crippen molar-refractivity contribution < 1.29 is 24.5 Å². The van der Waals surface area contributed by atoms with Gasteiger partial charge in [-0.15, -0.1) is 0 Å². The molecule has 0 fully saturated rings. The van der Waals surface area contributed by atoms with Crippen LogP contribution in [-0.2, 0) is 6.42 Å². The molecule has 5 nitrogen and oxygen atoms in total. The summed E-state index contributed by atoms with van der Waals surface area (Å²) in [5, 5.41) is 30.9. The van der Waals surface area contributed by atoms with Crippen molar-refractivity contribution in [3.8, 4) is 28.6 Å². The van der Waals surface area contributed by atoms with Gasteiger partial charge in [-0.2, -0.15) is 0 Å². The standard InChI is InChI=1S/C19H18O5/c1-19(2,22)18-9-13-14(21)5-11(7-17(13)24-18)15-6-10-3-4-12(20)8-16(10)23-15/h3-8,18,20-22H,9H2,1-2H3/t18-/m1/s1. The second-order valence-electron chi connectivity index (χ2n) is 6.77. The Morgan fingerprint density at radius 2 is 1.88 bits per heavy atom. The molecule has 1 aromatic heterocycles. The van der Waals surface area contributed by atoms with Gasteiger partial charge in [0.15, 0.2) is 0 Å². The Morgan fingerprint density at radius 1 is 1.08 bits per heavy atom. The predicted molar refractivity (Wildman–Crippen MR) is 89.4 cm³/mol.